The number of carbonyl (C=O) groups excluding carboxylic acids is 1. The van der Waals surface area contributed by atoms with Crippen LogP contribution in [0.1, 0.15) is 16.2 Å². The highest BCUT2D eigenvalue weighted by Gasteiger charge is 2.20. The molecule has 1 aliphatic rings. The Bertz CT molecular complexity index is 1050. The highest BCUT2D eigenvalue weighted by Crippen LogP contribution is 2.33. The third kappa shape index (κ3) is 4.40. The zero-order chi connectivity index (χ0) is 20.9. The summed E-state index contributed by atoms with van der Waals surface area (Å²) in [5.74, 6) is 0.778. The largest absolute Gasteiger partial charge is 0.379 e. The summed E-state index contributed by atoms with van der Waals surface area (Å²) in [7, 11) is 0. The van der Waals surface area contributed by atoms with E-state index in [1.165, 1.54) is 23.9 Å². The van der Waals surface area contributed by atoms with Crippen molar-refractivity contribution in [2.45, 2.75) is 16.6 Å². The van der Waals surface area contributed by atoms with Crippen molar-refractivity contribution in [1.82, 2.24) is 19.7 Å². The van der Waals surface area contributed by atoms with Crippen molar-refractivity contribution in [3.63, 3.8) is 0 Å². The Kier molecular flexibility index (Phi) is 6.17. The van der Waals surface area contributed by atoms with Gasteiger partial charge in [0.2, 0.25) is 5.16 Å². The highest BCUT2D eigenvalue weighted by molar-refractivity contribution is 7.99. The van der Waals surface area contributed by atoms with Crippen molar-refractivity contribution in [1.29, 1.82) is 0 Å². The molecule has 30 heavy (non-hydrogen) atoms. The van der Waals surface area contributed by atoms with Gasteiger partial charge in [-0.15, -0.1) is 10.2 Å². The number of benzene rings is 2. The van der Waals surface area contributed by atoms with Crippen LogP contribution < -0.4 is 0 Å². The number of morpholine rings is 1. The van der Waals surface area contributed by atoms with Crippen LogP contribution in [0.15, 0.2) is 58.6 Å². The standard InChI is InChI=1S/C20H19N5O4S/c26-14-15-12-17(25(27)28)6-7-18(15)30-20-22-21-19(13-23-8-10-29-11-9-23)24(20)16-4-2-1-3-5-16/h1-7,12,14H,8-11,13H2. The molecular formula is C20H19N5O4S. The zero-order valence-corrected chi connectivity index (χ0v) is 16.8. The van der Waals surface area contributed by atoms with E-state index >= 15 is 0 Å². The predicted molar refractivity (Wildman–Crippen MR) is 110 cm³/mol. The molecule has 1 fully saturated rings. The summed E-state index contributed by atoms with van der Waals surface area (Å²) >= 11 is 1.26. The fourth-order valence-electron chi connectivity index (χ4n) is 3.20. The first kappa shape index (κ1) is 20.2. The molecule has 1 aliphatic heterocycles. The minimum absolute atomic E-state index is 0.126. The van der Waals surface area contributed by atoms with Crippen LogP contribution in [0.25, 0.3) is 5.69 Å². The van der Waals surface area contributed by atoms with Gasteiger partial charge in [0.05, 0.1) is 24.7 Å². The van der Waals surface area contributed by atoms with E-state index in [0.29, 0.717) is 36.1 Å². The van der Waals surface area contributed by atoms with Crippen molar-refractivity contribution >= 4 is 23.7 Å². The van der Waals surface area contributed by atoms with Crippen molar-refractivity contribution in [3.05, 3.63) is 70.0 Å². The van der Waals surface area contributed by atoms with E-state index in [1.54, 1.807) is 6.07 Å². The van der Waals surface area contributed by atoms with Gasteiger partial charge in [-0.25, -0.2) is 0 Å². The van der Waals surface area contributed by atoms with E-state index in [0.717, 1.165) is 24.6 Å². The van der Waals surface area contributed by atoms with E-state index in [1.807, 2.05) is 34.9 Å². The second kappa shape index (κ2) is 9.16. The fourth-order valence-corrected chi connectivity index (χ4v) is 4.14. The summed E-state index contributed by atoms with van der Waals surface area (Å²) in [6.45, 7) is 3.63. The van der Waals surface area contributed by atoms with E-state index in [9.17, 15) is 14.9 Å². The van der Waals surface area contributed by atoms with E-state index < -0.39 is 4.92 Å². The van der Waals surface area contributed by atoms with Crippen molar-refractivity contribution < 1.29 is 14.5 Å². The van der Waals surface area contributed by atoms with Crippen LogP contribution in [0.2, 0.25) is 0 Å². The number of nitro groups is 1. The minimum atomic E-state index is -0.519. The van der Waals surface area contributed by atoms with Gasteiger partial charge in [0.25, 0.3) is 5.69 Å². The molecule has 0 radical (unpaired) electrons. The Hall–Kier alpha value is -3.08. The molecule has 0 N–H and O–H groups in total. The molecule has 1 aromatic heterocycles. The molecule has 0 saturated carbocycles. The van der Waals surface area contributed by atoms with Crippen LogP contribution in [0.5, 0.6) is 0 Å². The summed E-state index contributed by atoms with van der Waals surface area (Å²) in [6, 6.07) is 14.0. The van der Waals surface area contributed by atoms with Crippen molar-refractivity contribution in [2.24, 2.45) is 0 Å². The monoisotopic (exact) mass is 425 g/mol. The van der Waals surface area contributed by atoms with Crippen molar-refractivity contribution in [3.8, 4) is 5.69 Å². The summed E-state index contributed by atoms with van der Waals surface area (Å²) in [6.07, 6.45) is 0.618. The molecule has 0 amide bonds. The quantitative estimate of drug-likeness (QED) is 0.323. The number of non-ortho nitro benzene ring substituents is 1. The third-order valence-electron chi connectivity index (χ3n) is 4.72. The first-order chi connectivity index (χ1) is 14.7. The van der Waals surface area contributed by atoms with Gasteiger partial charge in [-0.05, 0) is 30.0 Å². The van der Waals surface area contributed by atoms with Crippen LogP contribution in [0, 0.1) is 10.1 Å². The Morgan fingerprint density at radius 3 is 2.60 bits per heavy atom. The number of nitro benzene ring substituents is 1. The number of ether oxygens (including phenoxy) is 1. The molecular weight excluding hydrogens is 406 g/mol. The average Bonchev–Trinajstić information content (AvgIpc) is 3.17. The third-order valence-corrected chi connectivity index (χ3v) is 5.75. The smallest absolute Gasteiger partial charge is 0.270 e. The Morgan fingerprint density at radius 2 is 1.90 bits per heavy atom. The minimum Gasteiger partial charge on any atom is -0.379 e. The molecule has 0 unspecified atom stereocenters. The Morgan fingerprint density at radius 1 is 1.13 bits per heavy atom. The lowest BCUT2D eigenvalue weighted by Gasteiger charge is -2.26. The summed E-state index contributed by atoms with van der Waals surface area (Å²) in [4.78, 5) is 24.8. The van der Waals surface area contributed by atoms with Crippen molar-refractivity contribution in [2.75, 3.05) is 26.3 Å². The van der Waals surface area contributed by atoms with Crippen LogP contribution in [-0.4, -0.2) is 57.2 Å². The van der Waals surface area contributed by atoms with E-state index in [-0.39, 0.29) is 11.3 Å². The second-order valence-corrected chi connectivity index (χ2v) is 7.67. The van der Waals surface area contributed by atoms with Gasteiger partial charge in [-0.2, -0.15) is 0 Å². The van der Waals surface area contributed by atoms with Gasteiger partial charge in [-0.3, -0.25) is 24.4 Å². The predicted octanol–water partition coefficient (Wildman–Crippen LogP) is 2.97. The normalized spacial score (nSPS) is 14.5. The molecule has 154 valence electrons. The molecule has 0 aliphatic carbocycles. The number of nitrogens with zero attached hydrogens (tertiary/aromatic N) is 5. The van der Waals surface area contributed by atoms with Crippen LogP contribution in [0.3, 0.4) is 0 Å². The lowest BCUT2D eigenvalue weighted by atomic mass is 10.2. The lowest BCUT2D eigenvalue weighted by molar-refractivity contribution is -0.384. The average molecular weight is 425 g/mol. The molecule has 0 bridgehead atoms. The molecule has 10 heteroatoms. The fraction of sp³-hybridized carbons (Fsp3) is 0.250. The summed E-state index contributed by atoms with van der Waals surface area (Å²) in [5.41, 5.74) is 1.02. The Balaban J connectivity index is 1.69. The van der Waals surface area contributed by atoms with Gasteiger partial charge in [-0.1, -0.05) is 18.2 Å². The number of aromatic nitrogens is 3. The second-order valence-electron chi connectivity index (χ2n) is 6.66. The highest BCUT2D eigenvalue weighted by atomic mass is 32.2. The summed E-state index contributed by atoms with van der Waals surface area (Å²) < 4.78 is 7.37. The van der Waals surface area contributed by atoms with Gasteiger partial charge in [0.1, 0.15) is 0 Å². The molecule has 3 aromatic rings. The number of para-hydroxylation sites is 1. The maximum Gasteiger partial charge on any atom is 0.270 e. The van der Waals surface area contributed by atoms with Gasteiger partial charge >= 0.3 is 0 Å². The molecule has 1 saturated heterocycles. The molecule has 9 nitrogen and oxygen atoms in total. The van der Waals surface area contributed by atoms with E-state index in [4.69, 9.17) is 4.74 Å². The molecule has 0 spiro atoms. The lowest BCUT2D eigenvalue weighted by Crippen LogP contribution is -2.36. The zero-order valence-electron chi connectivity index (χ0n) is 16.0. The SMILES string of the molecule is O=Cc1cc([N+](=O)[O-])ccc1Sc1nnc(CN2CCOCC2)n1-c1ccccc1. The van der Waals surface area contributed by atoms with E-state index in [2.05, 4.69) is 15.1 Å². The van der Waals surface area contributed by atoms with Gasteiger partial charge in [0.15, 0.2) is 12.1 Å². The Labute approximate surface area is 176 Å². The van der Waals surface area contributed by atoms with Crippen LogP contribution >= 0.6 is 11.8 Å². The number of carbonyl (C=O) groups is 1. The number of rotatable bonds is 7. The topological polar surface area (TPSA) is 103 Å². The van der Waals surface area contributed by atoms with Crippen LogP contribution in [0.4, 0.5) is 5.69 Å². The first-order valence-electron chi connectivity index (χ1n) is 9.37. The number of aldehydes is 1. The number of hydrogen-bond donors (Lipinski definition) is 0. The molecule has 2 heterocycles. The molecule has 0 atom stereocenters. The molecule has 4 rings (SSSR count). The van der Waals surface area contributed by atoms with Crippen LogP contribution in [-0.2, 0) is 11.3 Å². The maximum atomic E-state index is 11.5. The summed E-state index contributed by atoms with van der Waals surface area (Å²) in [5, 5.41) is 20.3. The van der Waals surface area contributed by atoms with Gasteiger partial charge < -0.3 is 4.74 Å². The van der Waals surface area contributed by atoms with Gasteiger partial charge in [0, 0.05) is 41.4 Å². The molecule has 2 aromatic carbocycles. The first-order valence-corrected chi connectivity index (χ1v) is 10.2. The number of hydrogen-bond acceptors (Lipinski definition) is 8. The maximum absolute atomic E-state index is 11.5.